The van der Waals surface area contributed by atoms with Crippen molar-refractivity contribution >= 4 is 5.82 Å². The zero-order valence-electron chi connectivity index (χ0n) is 14.4. The molecule has 1 aromatic heterocycles. The van der Waals surface area contributed by atoms with Gasteiger partial charge in [0.2, 0.25) is 0 Å². The molecule has 1 N–H and O–H groups in total. The number of benzene rings is 1. The molecule has 3 rings (SSSR count). The fraction of sp³-hybridized carbons (Fsp3) is 0.444. The first-order valence-electron chi connectivity index (χ1n) is 8.43. The first-order chi connectivity index (χ1) is 12.2. The van der Waals surface area contributed by atoms with Crippen molar-refractivity contribution in [3.8, 4) is 11.5 Å². The van der Waals surface area contributed by atoms with E-state index in [0.717, 1.165) is 43.5 Å². The summed E-state index contributed by atoms with van der Waals surface area (Å²) in [4.78, 5) is 12.9. The summed E-state index contributed by atoms with van der Waals surface area (Å²) in [5.41, 5.74) is 0. The van der Waals surface area contributed by atoms with Crippen molar-refractivity contribution in [3.63, 3.8) is 0 Å². The Kier molecular flexibility index (Phi) is 6.03. The summed E-state index contributed by atoms with van der Waals surface area (Å²) < 4.78 is 10.8. The van der Waals surface area contributed by atoms with E-state index >= 15 is 0 Å². The van der Waals surface area contributed by atoms with E-state index in [4.69, 9.17) is 9.47 Å². The molecular formula is C18H24N4O3. The minimum atomic E-state index is -0.523. The number of hydrogen-bond donors (Lipinski definition) is 1. The Labute approximate surface area is 147 Å². The van der Waals surface area contributed by atoms with Crippen LogP contribution in [0.1, 0.15) is 0 Å². The molecule has 1 aliphatic heterocycles. The fourth-order valence-electron chi connectivity index (χ4n) is 2.83. The molecule has 0 bridgehead atoms. The maximum Gasteiger partial charge on any atom is 0.147 e. The van der Waals surface area contributed by atoms with Gasteiger partial charge in [-0.2, -0.15) is 0 Å². The Balaban J connectivity index is 1.39. The number of piperazine rings is 1. The van der Waals surface area contributed by atoms with Gasteiger partial charge in [0.1, 0.15) is 30.0 Å². The van der Waals surface area contributed by atoms with Gasteiger partial charge in [-0.3, -0.25) is 9.88 Å². The number of nitrogens with zero attached hydrogens (tertiary/aromatic N) is 4. The predicted molar refractivity (Wildman–Crippen MR) is 95.2 cm³/mol. The van der Waals surface area contributed by atoms with Gasteiger partial charge in [0.25, 0.3) is 0 Å². The van der Waals surface area contributed by atoms with Crippen molar-refractivity contribution in [3.05, 3.63) is 42.9 Å². The molecule has 1 atom stereocenters. The molecule has 1 aliphatic rings. The molecule has 2 aromatic rings. The summed E-state index contributed by atoms with van der Waals surface area (Å²) in [5, 5.41) is 10.2. The maximum atomic E-state index is 10.2. The van der Waals surface area contributed by atoms with E-state index in [-0.39, 0.29) is 6.61 Å². The van der Waals surface area contributed by atoms with Crippen LogP contribution in [0.3, 0.4) is 0 Å². The number of aliphatic hydroxyl groups is 1. The Hall–Kier alpha value is -2.38. The highest BCUT2D eigenvalue weighted by Crippen LogP contribution is 2.17. The van der Waals surface area contributed by atoms with Crippen LogP contribution in [0, 0.1) is 0 Å². The van der Waals surface area contributed by atoms with Crippen LogP contribution in [-0.2, 0) is 0 Å². The molecule has 134 valence electrons. The van der Waals surface area contributed by atoms with E-state index in [0.29, 0.717) is 6.54 Å². The molecule has 7 heteroatoms. The highest BCUT2D eigenvalue weighted by molar-refractivity contribution is 5.35. The van der Waals surface area contributed by atoms with Gasteiger partial charge in [0, 0.05) is 45.1 Å². The number of hydrogen-bond acceptors (Lipinski definition) is 7. The number of rotatable bonds is 7. The molecule has 0 spiro atoms. The Morgan fingerprint density at radius 3 is 2.44 bits per heavy atom. The lowest BCUT2D eigenvalue weighted by molar-refractivity contribution is 0.0662. The van der Waals surface area contributed by atoms with E-state index in [1.165, 1.54) is 0 Å². The molecule has 1 saturated heterocycles. The third-order valence-electron chi connectivity index (χ3n) is 4.22. The van der Waals surface area contributed by atoms with E-state index in [2.05, 4.69) is 19.8 Å². The fourth-order valence-corrected chi connectivity index (χ4v) is 2.83. The standard InChI is InChI=1S/C18H24N4O3/c1-24-16-2-4-17(5-3-16)25-14-15(23)13-21-8-10-22(11-9-21)18-12-19-6-7-20-18/h2-7,12,15,23H,8-11,13-14H2,1H3/t15-/m1/s1. The van der Waals surface area contributed by atoms with Crippen molar-refractivity contribution in [2.75, 3.05) is 51.3 Å². The number of ether oxygens (including phenoxy) is 2. The smallest absolute Gasteiger partial charge is 0.147 e. The minimum absolute atomic E-state index is 0.275. The second-order valence-electron chi connectivity index (χ2n) is 5.99. The molecule has 7 nitrogen and oxygen atoms in total. The number of β-amino-alcohol motifs (C(OH)–C–C–N with tert-alkyl or cyclic N) is 1. The number of aromatic nitrogens is 2. The van der Waals surface area contributed by atoms with Crippen LogP contribution in [0.5, 0.6) is 11.5 Å². The van der Waals surface area contributed by atoms with Crippen LogP contribution in [0.2, 0.25) is 0 Å². The lowest BCUT2D eigenvalue weighted by atomic mass is 10.2. The van der Waals surface area contributed by atoms with E-state index in [1.54, 1.807) is 25.7 Å². The second kappa shape index (κ2) is 8.64. The first-order valence-corrected chi connectivity index (χ1v) is 8.43. The van der Waals surface area contributed by atoms with Crippen molar-refractivity contribution in [2.24, 2.45) is 0 Å². The quantitative estimate of drug-likeness (QED) is 0.805. The Morgan fingerprint density at radius 1 is 1.08 bits per heavy atom. The molecular weight excluding hydrogens is 320 g/mol. The normalized spacial score (nSPS) is 16.5. The number of aliphatic hydroxyl groups excluding tert-OH is 1. The zero-order chi connectivity index (χ0) is 17.5. The summed E-state index contributed by atoms with van der Waals surface area (Å²) in [6.07, 6.45) is 4.65. The molecule has 2 heterocycles. The van der Waals surface area contributed by atoms with Crippen LogP contribution in [0.25, 0.3) is 0 Å². The van der Waals surface area contributed by atoms with Crippen LogP contribution in [0.15, 0.2) is 42.9 Å². The van der Waals surface area contributed by atoms with E-state index in [1.807, 2.05) is 24.3 Å². The highest BCUT2D eigenvalue weighted by Gasteiger charge is 2.20. The molecule has 0 saturated carbocycles. The topological polar surface area (TPSA) is 71.0 Å². The molecule has 1 fully saturated rings. The van der Waals surface area contributed by atoms with Crippen LogP contribution < -0.4 is 14.4 Å². The molecule has 0 radical (unpaired) electrons. The van der Waals surface area contributed by atoms with E-state index in [9.17, 15) is 5.11 Å². The van der Waals surface area contributed by atoms with Gasteiger partial charge in [0.15, 0.2) is 0 Å². The van der Waals surface area contributed by atoms with Crippen LogP contribution >= 0.6 is 0 Å². The molecule has 1 aromatic carbocycles. The SMILES string of the molecule is COc1ccc(OC[C@H](O)CN2CCN(c3cnccn3)CC2)cc1. The molecule has 0 unspecified atom stereocenters. The Bertz CT molecular complexity index is 631. The largest absolute Gasteiger partial charge is 0.497 e. The Morgan fingerprint density at radius 2 is 1.80 bits per heavy atom. The van der Waals surface area contributed by atoms with Crippen LogP contribution in [-0.4, -0.2) is 72.5 Å². The van der Waals surface area contributed by atoms with Crippen molar-refractivity contribution in [2.45, 2.75) is 6.10 Å². The highest BCUT2D eigenvalue weighted by atomic mass is 16.5. The van der Waals surface area contributed by atoms with Crippen molar-refractivity contribution in [1.29, 1.82) is 0 Å². The van der Waals surface area contributed by atoms with Gasteiger partial charge in [-0.05, 0) is 24.3 Å². The average molecular weight is 344 g/mol. The van der Waals surface area contributed by atoms with Gasteiger partial charge in [-0.25, -0.2) is 4.98 Å². The lowest BCUT2D eigenvalue weighted by Gasteiger charge is -2.36. The van der Waals surface area contributed by atoms with E-state index < -0.39 is 6.10 Å². The van der Waals surface area contributed by atoms with Gasteiger partial charge >= 0.3 is 0 Å². The molecule has 0 aliphatic carbocycles. The number of anilines is 1. The molecule has 25 heavy (non-hydrogen) atoms. The summed E-state index contributed by atoms with van der Waals surface area (Å²) >= 11 is 0. The van der Waals surface area contributed by atoms with Gasteiger partial charge in [-0.15, -0.1) is 0 Å². The van der Waals surface area contributed by atoms with Gasteiger partial charge < -0.3 is 19.5 Å². The monoisotopic (exact) mass is 344 g/mol. The third-order valence-corrected chi connectivity index (χ3v) is 4.22. The van der Waals surface area contributed by atoms with Gasteiger partial charge in [0.05, 0.1) is 13.3 Å². The molecule has 0 amide bonds. The first kappa shape index (κ1) is 17.4. The maximum absolute atomic E-state index is 10.2. The zero-order valence-corrected chi connectivity index (χ0v) is 14.4. The second-order valence-corrected chi connectivity index (χ2v) is 5.99. The predicted octanol–water partition coefficient (Wildman–Crippen LogP) is 1.05. The lowest BCUT2D eigenvalue weighted by Crippen LogP contribution is -2.49. The summed E-state index contributed by atoms with van der Waals surface area (Å²) in [6, 6.07) is 7.36. The van der Waals surface area contributed by atoms with Crippen molar-refractivity contribution < 1.29 is 14.6 Å². The van der Waals surface area contributed by atoms with Crippen LogP contribution in [0.4, 0.5) is 5.82 Å². The summed E-state index contributed by atoms with van der Waals surface area (Å²) in [6.45, 7) is 4.41. The summed E-state index contributed by atoms with van der Waals surface area (Å²) in [7, 11) is 1.63. The van der Waals surface area contributed by atoms with Gasteiger partial charge in [-0.1, -0.05) is 0 Å². The third kappa shape index (κ3) is 5.04. The average Bonchev–Trinajstić information content (AvgIpc) is 2.68. The summed E-state index contributed by atoms with van der Waals surface area (Å²) in [5.74, 6) is 2.42. The minimum Gasteiger partial charge on any atom is -0.497 e. The van der Waals surface area contributed by atoms with Crippen molar-refractivity contribution in [1.82, 2.24) is 14.9 Å². The number of methoxy groups -OCH3 is 1.